The molecule has 0 aliphatic rings. The quantitative estimate of drug-likeness (QED) is 0.772. The molecule has 0 aliphatic carbocycles. The molecule has 1 heterocycles. The van der Waals surface area contributed by atoms with Crippen molar-refractivity contribution in [1.82, 2.24) is 4.98 Å². The molecule has 0 aliphatic heterocycles. The van der Waals surface area contributed by atoms with Crippen molar-refractivity contribution in [3.8, 4) is 0 Å². The minimum absolute atomic E-state index is 0.249. The van der Waals surface area contributed by atoms with Gasteiger partial charge in [-0.3, -0.25) is 4.98 Å². The molecule has 17 heavy (non-hydrogen) atoms. The number of anilines is 2. The van der Waals surface area contributed by atoms with Crippen LogP contribution in [0.1, 0.15) is 5.69 Å². The van der Waals surface area contributed by atoms with E-state index in [1.165, 1.54) is 12.1 Å². The average molecular weight is 251 g/mol. The molecule has 2 rings (SSSR count). The Morgan fingerprint density at radius 3 is 2.71 bits per heavy atom. The van der Waals surface area contributed by atoms with Crippen LogP contribution in [0, 0.1) is 5.82 Å². The monoisotopic (exact) mass is 250 g/mol. The Labute approximate surface area is 105 Å². The molecule has 1 aromatic heterocycles. The standard InChI is InChI=1S/C13H12ClFN2/c1-17(12-4-2-3-10(15)7-12)13-5-6-16-11(8-13)9-14/h2-8H,9H2,1H3. The molecule has 0 unspecified atom stereocenters. The summed E-state index contributed by atoms with van der Waals surface area (Å²) in [6.07, 6.45) is 1.70. The van der Waals surface area contributed by atoms with Crippen molar-refractivity contribution in [3.05, 3.63) is 54.1 Å². The van der Waals surface area contributed by atoms with Gasteiger partial charge in [0.15, 0.2) is 0 Å². The van der Waals surface area contributed by atoms with E-state index < -0.39 is 0 Å². The highest BCUT2D eigenvalue weighted by Gasteiger charge is 2.05. The number of pyridine rings is 1. The maximum atomic E-state index is 13.1. The van der Waals surface area contributed by atoms with Crippen molar-refractivity contribution in [1.29, 1.82) is 0 Å². The lowest BCUT2D eigenvalue weighted by molar-refractivity contribution is 0.628. The maximum Gasteiger partial charge on any atom is 0.125 e. The van der Waals surface area contributed by atoms with Gasteiger partial charge in [0, 0.05) is 24.6 Å². The van der Waals surface area contributed by atoms with E-state index in [0.29, 0.717) is 5.88 Å². The largest absolute Gasteiger partial charge is 0.344 e. The predicted molar refractivity (Wildman–Crippen MR) is 68.3 cm³/mol. The van der Waals surface area contributed by atoms with Crippen molar-refractivity contribution >= 4 is 23.0 Å². The first-order valence-electron chi connectivity index (χ1n) is 5.21. The van der Waals surface area contributed by atoms with Crippen LogP contribution in [-0.4, -0.2) is 12.0 Å². The second-order valence-electron chi connectivity index (χ2n) is 3.68. The fourth-order valence-electron chi connectivity index (χ4n) is 1.58. The van der Waals surface area contributed by atoms with Crippen LogP contribution in [0.4, 0.5) is 15.8 Å². The Hall–Kier alpha value is -1.61. The average Bonchev–Trinajstić information content (AvgIpc) is 2.38. The summed E-state index contributed by atoms with van der Waals surface area (Å²) < 4.78 is 13.1. The van der Waals surface area contributed by atoms with Crippen LogP contribution in [0.5, 0.6) is 0 Å². The van der Waals surface area contributed by atoms with Gasteiger partial charge >= 0.3 is 0 Å². The Balaban J connectivity index is 2.33. The molecule has 0 bridgehead atoms. The number of aromatic nitrogens is 1. The molecule has 4 heteroatoms. The summed E-state index contributed by atoms with van der Waals surface area (Å²) in [7, 11) is 1.88. The van der Waals surface area contributed by atoms with Gasteiger partial charge in [-0.1, -0.05) is 6.07 Å². The normalized spacial score (nSPS) is 10.3. The molecule has 0 saturated heterocycles. The summed E-state index contributed by atoms with van der Waals surface area (Å²) in [4.78, 5) is 6.01. The van der Waals surface area contributed by atoms with Gasteiger partial charge in [-0.2, -0.15) is 0 Å². The van der Waals surface area contributed by atoms with Crippen LogP contribution in [0.3, 0.4) is 0 Å². The Bertz CT molecular complexity index is 516. The zero-order chi connectivity index (χ0) is 12.3. The highest BCUT2D eigenvalue weighted by molar-refractivity contribution is 6.16. The first-order chi connectivity index (χ1) is 8.20. The first kappa shape index (κ1) is 11.9. The third-order valence-corrected chi connectivity index (χ3v) is 2.79. The molecular weight excluding hydrogens is 239 g/mol. The summed E-state index contributed by atoms with van der Waals surface area (Å²) in [6, 6.07) is 10.2. The molecule has 0 radical (unpaired) electrons. The summed E-state index contributed by atoms with van der Waals surface area (Å²) in [5.74, 6) is 0.117. The lowest BCUT2D eigenvalue weighted by Gasteiger charge is -2.19. The summed E-state index contributed by atoms with van der Waals surface area (Å²) >= 11 is 5.73. The maximum absolute atomic E-state index is 13.1. The summed E-state index contributed by atoms with van der Waals surface area (Å²) in [6.45, 7) is 0. The Morgan fingerprint density at radius 1 is 1.24 bits per heavy atom. The molecule has 0 amide bonds. The van der Waals surface area contributed by atoms with Crippen LogP contribution < -0.4 is 4.90 Å². The molecule has 2 nitrogen and oxygen atoms in total. The van der Waals surface area contributed by atoms with Crippen molar-refractivity contribution in [2.45, 2.75) is 5.88 Å². The van der Waals surface area contributed by atoms with E-state index in [2.05, 4.69) is 4.98 Å². The second-order valence-corrected chi connectivity index (χ2v) is 3.95. The fraction of sp³-hybridized carbons (Fsp3) is 0.154. The molecule has 0 fully saturated rings. The van der Waals surface area contributed by atoms with Crippen molar-refractivity contribution in [3.63, 3.8) is 0 Å². The van der Waals surface area contributed by atoms with Gasteiger partial charge < -0.3 is 4.90 Å². The lowest BCUT2D eigenvalue weighted by atomic mass is 10.2. The number of benzene rings is 1. The molecule has 0 N–H and O–H groups in total. The number of nitrogens with zero attached hydrogens (tertiary/aromatic N) is 2. The SMILES string of the molecule is CN(c1cccc(F)c1)c1ccnc(CCl)c1. The van der Waals surface area contributed by atoms with Gasteiger partial charge in [0.05, 0.1) is 11.6 Å². The van der Waals surface area contributed by atoms with Gasteiger partial charge in [-0.15, -0.1) is 11.6 Å². The molecule has 1 aromatic carbocycles. The van der Waals surface area contributed by atoms with Gasteiger partial charge in [0.1, 0.15) is 5.82 Å². The number of hydrogen-bond acceptors (Lipinski definition) is 2. The number of hydrogen-bond donors (Lipinski definition) is 0. The van der Waals surface area contributed by atoms with E-state index in [0.717, 1.165) is 17.1 Å². The number of halogens is 2. The smallest absolute Gasteiger partial charge is 0.125 e. The highest BCUT2D eigenvalue weighted by atomic mass is 35.5. The summed E-state index contributed by atoms with van der Waals surface area (Å²) in [5, 5.41) is 0. The van der Waals surface area contributed by atoms with E-state index >= 15 is 0 Å². The third kappa shape index (κ3) is 2.74. The highest BCUT2D eigenvalue weighted by Crippen LogP contribution is 2.24. The minimum Gasteiger partial charge on any atom is -0.344 e. The van der Waals surface area contributed by atoms with Crippen LogP contribution in [-0.2, 0) is 5.88 Å². The molecule has 0 spiro atoms. The van der Waals surface area contributed by atoms with E-state index in [9.17, 15) is 4.39 Å². The van der Waals surface area contributed by atoms with Crippen LogP contribution in [0.25, 0.3) is 0 Å². The molecule has 0 saturated carbocycles. The molecule has 2 aromatic rings. The van der Waals surface area contributed by atoms with Crippen molar-refractivity contribution < 1.29 is 4.39 Å². The molecule has 0 atom stereocenters. The Kier molecular flexibility index (Phi) is 3.59. The third-order valence-electron chi connectivity index (χ3n) is 2.52. The van der Waals surface area contributed by atoms with E-state index in [4.69, 9.17) is 11.6 Å². The van der Waals surface area contributed by atoms with Crippen molar-refractivity contribution in [2.75, 3.05) is 11.9 Å². The molecule has 88 valence electrons. The summed E-state index contributed by atoms with van der Waals surface area (Å²) in [5.41, 5.74) is 2.52. The lowest BCUT2D eigenvalue weighted by Crippen LogP contribution is -2.10. The topological polar surface area (TPSA) is 16.1 Å². The van der Waals surface area contributed by atoms with Crippen LogP contribution in [0.2, 0.25) is 0 Å². The van der Waals surface area contributed by atoms with E-state index in [-0.39, 0.29) is 5.82 Å². The minimum atomic E-state index is -0.249. The predicted octanol–water partition coefficient (Wildman–Crippen LogP) is 3.73. The van der Waals surface area contributed by atoms with Gasteiger partial charge in [0.2, 0.25) is 0 Å². The van der Waals surface area contributed by atoms with Crippen LogP contribution >= 0.6 is 11.6 Å². The van der Waals surface area contributed by atoms with E-state index in [1.54, 1.807) is 12.3 Å². The van der Waals surface area contributed by atoms with Gasteiger partial charge in [0.25, 0.3) is 0 Å². The Morgan fingerprint density at radius 2 is 2.00 bits per heavy atom. The number of rotatable bonds is 3. The first-order valence-corrected chi connectivity index (χ1v) is 5.74. The second kappa shape index (κ2) is 5.15. The van der Waals surface area contributed by atoms with E-state index in [1.807, 2.05) is 30.1 Å². The fourth-order valence-corrected chi connectivity index (χ4v) is 1.73. The molecular formula is C13H12ClFN2. The number of alkyl halides is 1. The zero-order valence-electron chi connectivity index (χ0n) is 9.40. The van der Waals surface area contributed by atoms with Gasteiger partial charge in [-0.05, 0) is 30.3 Å². The van der Waals surface area contributed by atoms with Gasteiger partial charge in [-0.25, -0.2) is 4.39 Å². The van der Waals surface area contributed by atoms with Crippen LogP contribution in [0.15, 0.2) is 42.6 Å². The zero-order valence-corrected chi connectivity index (χ0v) is 10.2. The van der Waals surface area contributed by atoms with Crippen molar-refractivity contribution in [2.24, 2.45) is 0 Å².